The van der Waals surface area contributed by atoms with Crippen molar-refractivity contribution in [3.05, 3.63) is 46.7 Å². The molecule has 3 aromatic rings. The van der Waals surface area contributed by atoms with Crippen LogP contribution in [0.4, 0.5) is 0 Å². The summed E-state index contributed by atoms with van der Waals surface area (Å²) in [4.78, 5) is 17.2. The zero-order valence-corrected chi connectivity index (χ0v) is 13.0. The van der Waals surface area contributed by atoms with Gasteiger partial charge in [-0.3, -0.25) is 4.79 Å². The average Bonchev–Trinajstić information content (AvgIpc) is 3.25. The Morgan fingerprint density at radius 3 is 2.82 bits per heavy atom. The maximum atomic E-state index is 12.2. The van der Waals surface area contributed by atoms with Crippen LogP contribution in [-0.4, -0.2) is 16.0 Å². The van der Waals surface area contributed by atoms with Crippen molar-refractivity contribution in [3.63, 3.8) is 0 Å². The summed E-state index contributed by atoms with van der Waals surface area (Å²) in [7, 11) is 0. The molecule has 0 aliphatic carbocycles. The predicted octanol–water partition coefficient (Wildman–Crippen LogP) is 3.52. The van der Waals surface area contributed by atoms with Crippen molar-refractivity contribution in [1.82, 2.24) is 15.5 Å². The second-order valence-corrected chi connectivity index (χ2v) is 6.05. The van der Waals surface area contributed by atoms with Crippen molar-refractivity contribution in [3.8, 4) is 11.6 Å². The zero-order chi connectivity index (χ0) is 15.5. The molecule has 3 rings (SSSR count). The maximum absolute atomic E-state index is 12.2. The van der Waals surface area contributed by atoms with Gasteiger partial charge in [0.05, 0.1) is 11.1 Å². The molecule has 1 atom stereocenters. The monoisotopic (exact) mass is 317 g/mol. The molecule has 1 N–H and O–H groups in total. The van der Waals surface area contributed by atoms with Crippen molar-refractivity contribution < 1.29 is 13.7 Å². The Hall–Kier alpha value is -2.41. The second-order valence-electron chi connectivity index (χ2n) is 5.11. The number of nitrogens with one attached hydrogen (secondary N) is 1. The van der Waals surface area contributed by atoms with E-state index in [2.05, 4.69) is 15.5 Å². The molecule has 0 radical (unpaired) electrons. The first-order valence-corrected chi connectivity index (χ1v) is 7.75. The number of hydrogen-bond donors (Lipinski definition) is 1. The summed E-state index contributed by atoms with van der Waals surface area (Å²) < 4.78 is 10.5. The van der Waals surface area contributed by atoms with Crippen LogP contribution in [0.15, 0.2) is 44.8 Å². The molecule has 3 aromatic heterocycles. The summed E-state index contributed by atoms with van der Waals surface area (Å²) in [6.07, 6.45) is 1.55. The Labute approximate surface area is 131 Å². The fraction of sp³-hybridized carbons (Fsp3) is 0.267. The van der Waals surface area contributed by atoms with E-state index in [1.807, 2.05) is 25.3 Å². The number of aromatic nitrogens is 2. The molecule has 3 heterocycles. The molecule has 0 fully saturated rings. The quantitative estimate of drug-likeness (QED) is 0.778. The van der Waals surface area contributed by atoms with Gasteiger partial charge < -0.3 is 14.3 Å². The topological polar surface area (TPSA) is 81.2 Å². The Bertz CT molecular complexity index is 732. The first-order chi connectivity index (χ1) is 10.6. The van der Waals surface area contributed by atoms with Crippen molar-refractivity contribution in [2.24, 2.45) is 5.92 Å². The highest BCUT2D eigenvalue weighted by molar-refractivity contribution is 7.12. The van der Waals surface area contributed by atoms with Gasteiger partial charge in [0.2, 0.25) is 11.7 Å². The lowest BCUT2D eigenvalue weighted by Gasteiger charge is -2.17. The molecule has 0 saturated heterocycles. The Kier molecular flexibility index (Phi) is 4.06. The molecular weight excluding hydrogens is 302 g/mol. The normalized spacial score (nSPS) is 12.5. The Balaban J connectivity index is 1.81. The van der Waals surface area contributed by atoms with Crippen LogP contribution in [0.5, 0.6) is 0 Å². The number of furan rings is 1. The van der Waals surface area contributed by atoms with Gasteiger partial charge in [0.1, 0.15) is 6.04 Å². The molecule has 0 bridgehead atoms. The summed E-state index contributed by atoms with van der Waals surface area (Å²) in [6, 6.07) is 6.77. The average molecular weight is 317 g/mol. The van der Waals surface area contributed by atoms with Gasteiger partial charge in [0.25, 0.3) is 5.91 Å². The standard InChI is InChI=1S/C15H15N3O3S/c1-9(2)12(16-14(19)11-6-4-8-22-11)15-17-13(18-21-15)10-5-3-7-20-10/h3-9,12H,1-2H3,(H,16,19). The number of hydrogen-bond acceptors (Lipinski definition) is 6. The van der Waals surface area contributed by atoms with Crippen LogP contribution in [0.2, 0.25) is 0 Å². The molecule has 0 aromatic carbocycles. The molecule has 0 spiro atoms. The van der Waals surface area contributed by atoms with E-state index >= 15 is 0 Å². The van der Waals surface area contributed by atoms with E-state index in [4.69, 9.17) is 8.94 Å². The molecule has 114 valence electrons. The van der Waals surface area contributed by atoms with E-state index in [0.717, 1.165) is 0 Å². The van der Waals surface area contributed by atoms with Crippen LogP contribution in [0.25, 0.3) is 11.6 Å². The summed E-state index contributed by atoms with van der Waals surface area (Å²) in [6.45, 7) is 3.96. The minimum absolute atomic E-state index is 0.105. The van der Waals surface area contributed by atoms with Crippen LogP contribution >= 0.6 is 11.3 Å². The highest BCUT2D eigenvalue weighted by Gasteiger charge is 2.26. The first-order valence-electron chi connectivity index (χ1n) is 6.87. The van der Waals surface area contributed by atoms with E-state index in [0.29, 0.717) is 22.4 Å². The Morgan fingerprint density at radius 1 is 1.32 bits per heavy atom. The highest BCUT2D eigenvalue weighted by Crippen LogP contribution is 2.24. The molecular formula is C15H15N3O3S. The van der Waals surface area contributed by atoms with Gasteiger partial charge in [-0.05, 0) is 29.5 Å². The number of rotatable bonds is 5. The number of nitrogens with zero attached hydrogens (tertiary/aromatic N) is 2. The van der Waals surface area contributed by atoms with Crippen LogP contribution in [0.1, 0.15) is 35.5 Å². The molecule has 7 heteroatoms. The zero-order valence-electron chi connectivity index (χ0n) is 12.1. The number of carbonyl (C=O) groups excluding carboxylic acids is 1. The second kappa shape index (κ2) is 6.15. The molecule has 22 heavy (non-hydrogen) atoms. The number of amides is 1. The molecule has 1 unspecified atom stereocenters. The maximum Gasteiger partial charge on any atom is 0.262 e. The predicted molar refractivity (Wildman–Crippen MR) is 81.4 cm³/mol. The lowest BCUT2D eigenvalue weighted by Crippen LogP contribution is -2.31. The van der Waals surface area contributed by atoms with Crippen LogP contribution in [0.3, 0.4) is 0 Å². The van der Waals surface area contributed by atoms with Crippen molar-refractivity contribution >= 4 is 17.2 Å². The van der Waals surface area contributed by atoms with E-state index in [1.54, 1.807) is 24.5 Å². The molecule has 1 amide bonds. The summed E-state index contributed by atoms with van der Waals surface area (Å²) in [5, 5.41) is 8.70. The van der Waals surface area contributed by atoms with Crippen molar-refractivity contribution in [2.75, 3.05) is 0 Å². The summed E-state index contributed by atoms with van der Waals surface area (Å²) in [5.74, 6) is 1.23. The molecule has 6 nitrogen and oxygen atoms in total. The Morgan fingerprint density at radius 2 is 2.18 bits per heavy atom. The third-order valence-corrected chi connectivity index (χ3v) is 4.02. The van der Waals surface area contributed by atoms with E-state index < -0.39 is 0 Å². The molecule has 0 aliphatic heterocycles. The van der Waals surface area contributed by atoms with E-state index in [9.17, 15) is 4.79 Å². The van der Waals surface area contributed by atoms with E-state index in [-0.39, 0.29) is 17.9 Å². The van der Waals surface area contributed by atoms with E-state index in [1.165, 1.54) is 11.3 Å². The van der Waals surface area contributed by atoms with Crippen LogP contribution in [-0.2, 0) is 0 Å². The molecule has 0 saturated carbocycles. The fourth-order valence-corrected chi connectivity index (χ4v) is 2.63. The first kappa shape index (κ1) is 14.5. The van der Waals surface area contributed by atoms with Gasteiger partial charge in [-0.2, -0.15) is 4.98 Å². The number of thiophene rings is 1. The summed E-state index contributed by atoms with van der Waals surface area (Å²) in [5.41, 5.74) is 0. The smallest absolute Gasteiger partial charge is 0.262 e. The van der Waals surface area contributed by atoms with Crippen LogP contribution in [0, 0.1) is 5.92 Å². The minimum atomic E-state index is -0.356. The third kappa shape index (κ3) is 2.94. The minimum Gasteiger partial charge on any atom is -0.461 e. The molecule has 0 aliphatic rings. The highest BCUT2D eigenvalue weighted by atomic mass is 32.1. The van der Waals surface area contributed by atoms with Gasteiger partial charge in [-0.1, -0.05) is 25.1 Å². The fourth-order valence-electron chi connectivity index (χ4n) is 2.00. The lowest BCUT2D eigenvalue weighted by molar-refractivity contribution is 0.0918. The largest absolute Gasteiger partial charge is 0.461 e. The van der Waals surface area contributed by atoms with Crippen molar-refractivity contribution in [2.45, 2.75) is 19.9 Å². The summed E-state index contributed by atoms with van der Waals surface area (Å²) >= 11 is 1.39. The van der Waals surface area contributed by atoms with Crippen molar-refractivity contribution in [1.29, 1.82) is 0 Å². The van der Waals surface area contributed by atoms with Gasteiger partial charge in [0.15, 0.2) is 5.76 Å². The SMILES string of the molecule is CC(C)C(NC(=O)c1cccs1)c1nc(-c2ccco2)no1. The lowest BCUT2D eigenvalue weighted by atomic mass is 10.0. The van der Waals surface area contributed by atoms with Gasteiger partial charge >= 0.3 is 0 Å². The number of carbonyl (C=O) groups is 1. The van der Waals surface area contributed by atoms with Gasteiger partial charge in [0, 0.05) is 0 Å². The van der Waals surface area contributed by atoms with Crippen LogP contribution < -0.4 is 5.32 Å². The van der Waals surface area contributed by atoms with Gasteiger partial charge in [-0.15, -0.1) is 11.3 Å². The van der Waals surface area contributed by atoms with Gasteiger partial charge in [-0.25, -0.2) is 0 Å². The third-order valence-electron chi connectivity index (χ3n) is 3.15.